The molecule has 1 aromatic rings. The van der Waals surface area contributed by atoms with E-state index in [4.69, 9.17) is 22.4 Å². The van der Waals surface area contributed by atoms with Crippen molar-refractivity contribution in [2.75, 3.05) is 5.73 Å². The lowest BCUT2D eigenvalue weighted by molar-refractivity contribution is -0.131. The number of hydrogen-bond donors (Lipinski definition) is 2. The van der Waals surface area contributed by atoms with Gasteiger partial charge in [0.25, 0.3) is 0 Å². The minimum Gasteiger partial charge on any atom is -0.478 e. The van der Waals surface area contributed by atoms with Crippen molar-refractivity contribution in [1.82, 2.24) is 0 Å². The van der Waals surface area contributed by atoms with E-state index in [9.17, 15) is 4.79 Å². The van der Waals surface area contributed by atoms with E-state index in [1.165, 1.54) is 0 Å². The first-order chi connectivity index (χ1) is 6.50. The monoisotopic (exact) mass is 211 g/mol. The van der Waals surface area contributed by atoms with Crippen LogP contribution in [0.4, 0.5) is 5.69 Å². The molecule has 0 aromatic heterocycles. The number of halogens is 1. The molecule has 0 spiro atoms. The summed E-state index contributed by atoms with van der Waals surface area (Å²) in [5.41, 5.74) is 7.35. The Morgan fingerprint density at radius 3 is 2.71 bits per heavy atom. The highest BCUT2D eigenvalue weighted by Gasteiger charge is 2.03. The summed E-state index contributed by atoms with van der Waals surface area (Å²) in [5, 5.41) is 9.00. The molecular formula is C10H10ClNO2. The summed E-state index contributed by atoms with van der Waals surface area (Å²) in [4.78, 5) is 10.4. The second kappa shape index (κ2) is 4.15. The van der Waals surface area contributed by atoms with Gasteiger partial charge >= 0.3 is 5.97 Å². The molecule has 0 bridgehead atoms. The summed E-state index contributed by atoms with van der Waals surface area (Å²) >= 11 is 5.89. The highest BCUT2D eigenvalue weighted by molar-refractivity contribution is 6.32. The Morgan fingerprint density at radius 2 is 2.21 bits per heavy atom. The van der Waals surface area contributed by atoms with E-state index in [1.54, 1.807) is 25.1 Å². The van der Waals surface area contributed by atoms with E-state index >= 15 is 0 Å². The predicted molar refractivity (Wildman–Crippen MR) is 57.2 cm³/mol. The maximum Gasteiger partial charge on any atom is 0.328 e. The van der Waals surface area contributed by atoms with Gasteiger partial charge in [0.1, 0.15) is 0 Å². The molecule has 0 heterocycles. The number of carboxylic acids is 1. The number of rotatable bonds is 2. The molecule has 0 radical (unpaired) electrons. The van der Waals surface area contributed by atoms with Crippen molar-refractivity contribution in [3.05, 3.63) is 34.9 Å². The van der Waals surface area contributed by atoms with Gasteiger partial charge in [-0.25, -0.2) is 4.79 Å². The smallest absolute Gasteiger partial charge is 0.328 e. The molecule has 0 saturated heterocycles. The minimum absolute atomic E-state index is 0.458. The lowest BCUT2D eigenvalue weighted by atomic mass is 10.1. The van der Waals surface area contributed by atoms with E-state index < -0.39 is 5.97 Å². The molecule has 74 valence electrons. The number of aliphatic carboxylic acids is 1. The largest absolute Gasteiger partial charge is 0.478 e. The van der Waals surface area contributed by atoms with Crippen LogP contribution in [0.15, 0.2) is 24.3 Å². The van der Waals surface area contributed by atoms with Gasteiger partial charge in [0.2, 0.25) is 0 Å². The van der Waals surface area contributed by atoms with E-state index in [0.29, 0.717) is 21.8 Å². The topological polar surface area (TPSA) is 63.3 Å². The molecule has 0 aliphatic carbocycles. The Hall–Kier alpha value is -1.48. The molecule has 0 aliphatic heterocycles. The number of benzene rings is 1. The molecule has 3 N–H and O–H groups in total. The normalized spacial score (nSPS) is 11.4. The maximum absolute atomic E-state index is 10.4. The quantitative estimate of drug-likeness (QED) is 0.583. The van der Waals surface area contributed by atoms with Crippen LogP contribution in [0.2, 0.25) is 5.02 Å². The number of anilines is 1. The lowest BCUT2D eigenvalue weighted by Crippen LogP contribution is -1.92. The predicted octanol–water partition coefficient (Wildman–Crippen LogP) is 2.41. The fraction of sp³-hybridized carbons (Fsp3) is 0.100. The molecule has 0 saturated carbocycles. The third-order valence-electron chi connectivity index (χ3n) is 1.76. The minimum atomic E-state index is -0.990. The molecule has 0 aliphatic rings. The summed E-state index contributed by atoms with van der Waals surface area (Å²) in [6, 6.07) is 4.98. The average molecular weight is 212 g/mol. The van der Waals surface area contributed by atoms with Crippen molar-refractivity contribution >= 4 is 28.8 Å². The van der Waals surface area contributed by atoms with Gasteiger partial charge in [0.05, 0.1) is 5.02 Å². The van der Waals surface area contributed by atoms with Crippen LogP contribution in [-0.4, -0.2) is 11.1 Å². The summed E-state index contributed by atoms with van der Waals surface area (Å²) < 4.78 is 0. The van der Waals surface area contributed by atoms with Gasteiger partial charge in [0, 0.05) is 11.8 Å². The van der Waals surface area contributed by atoms with Crippen molar-refractivity contribution in [2.45, 2.75) is 6.92 Å². The van der Waals surface area contributed by atoms with Gasteiger partial charge in [-0.3, -0.25) is 0 Å². The number of carboxylic acid groups (broad SMARTS) is 1. The maximum atomic E-state index is 10.4. The summed E-state index contributed by atoms with van der Waals surface area (Å²) in [6.45, 7) is 1.69. The van der Waals surface area contributed by atoms with Crippen LogP contribution in [0.3, 0.4) is 0 Å². The zero-order valence-corrected chi connectivity index (χ0v) is 8.38. The highest BCUT2D eigenvalue weighted by Crippen LogP contribution is 2.25. The number of nitrogen functional groups attached to an aromatic ring is 1. The molecule has 0 unspecified atom stereocenters. The van der Waals surface area contributed by atoms with Gasteiger partial charge in [-0.05, 0) is 30.2 Å². The van der Waals surface area contributed by atoms with Crippen LogP contribution in [-0.2, 0) is 4.79 Å². The van der Waals surface area contributed by atoms with Crippen LogP contribution < -0.4 is 5.73 Å². The molecule has 14 heavy (non-hydrogen) atoms. The third kappa shape index (κ3) is 2.50. The summed E-state index contributed by atoms with van der Waals surface area (Å²) in [5.74, 6) is -0.990. The van der Waals surface area contributed by atoms with Crippen LogP contribution in [0.1, 0.15) is 12.5 Å². The second-order valence-electron chi connectivity index (χ2n) is 2.90. The van der Waals surface area contributed by atoms with Gasteiger partial charge < -0.3 is 10.8 Å². The molecule has 0 fully saturated rings. The van der Waals surface area contributed by atoms with Crippen molar-refractivity contribution in [3.63, 3.8) is 0 Å². The fourth-order valence-corrected chi connectivity index (χ4v) is 1.45. The lowest BCUT2D eigenvalue weighted by Gasteiger charge is -2.04. The van der Waals surface area contributed by atoms with E-state index in [1.807, 2.05) is 0 Å². The van der Waals surface area contributed by atoms with Crippen molar-refractivity contribution in [1.29, 1.82) is 0 Å². The SMILES string of the molecule is CC(=CC(=O)O)c1ccc(N)cc1Cl. The summed E-state index contributed by atoms with van der Waals surface area (Å²) in [6.07, 6.45) is 1.11. The number of hydrogen-bond acceptors (Lipinski definition) is 2. The van der Waals surface area contributed by atoms with Gasteiger partial charge in [-0.2, -0.15) is 0 Å². The Labute approximate surface area is 86.8 Å². The molecule has 0 amide bonds. The first-order valence-corrected chi connectivity index (χ1v) is 4.35. The Kier molecular flexibility index (Phi) is 3.14. The van der Waals surface area contributed by atoms with Gasteiger partial charge in [0.15, 0.2) is 0 Å². The van der Waals surface area contributed by atoms with E-state index in [0.717, 1.165) is 6.08 Å². The molecule has 4 heteroatoms. The molecule has 1 rings (SSSR count). The Morgan fingerprint density at radius 1 is 1.57 bits per heavy atom. The highest BCUT2D eigenvalue weighted by atomic mass is 35.5. The number of carbonyl (C=O) groups is 1. The van der Waals surface area contributed by atoms with Crippen LogP contribution in [0, 0.1) is 0 Å². The zero-order chi connectivity index (χ0) is 10.7. The Bertz CT molecular complexity index is 399. The average Bonchev–Trinajstić information content (AvgIpc) is 2.01. The third-order valence-corrected chi connectivity index (χ3v) is 2.07. The Balaban J connectivity index is 3.14. The fourth-order valence-electron chi connectivity index (χ4n) is 1.11. The summed E-state index contributed by atoms with van der Waals surface area (Å²) in [7, 11) is 0. The first kappa shape index (κ1) is 10.6. The van der Waals surface area contributed by atoms with Crippen molar-refractivity contribution in [2.24, 2.45) is 0 Å². The van der Waals surface area contributed by atoms with Crippen LogP contribution in [0.25, 0.3) is 5.57 Å². The van der Waals surface area contributed by atoms with Crippen molar-refractivity contribution in [3.8, 4) is 0 Å². The molecule has 1 aromatic carbocycles. The number of nitrogens with two attached hydrogens (primary N) is 1. The number of allylic oxidation sites excluding steroid dienone is 1. The molecule has 0 atom stereocenters. The van der Waals surface area contributed by atoms with E-state index in [-0.39, 0.29) is 0 Å². The zero-order valence-electron chi connectivity index (χ0n) is 7.62. The first-order valence-electron chi connectivity index (χ1n) is 3.97. The van der Waals surface area contributed by atoms with Crippen LogP contribution >= 0.6 is 11.6 Å². The van der Waals surface area contributed by atoms with Gasteiger partial charge in [-0.1, -0.05) is 17.7 Å². The van der Waals surface area contributed by atoms with E-state index in [2.05, 4.69) is 0 Å². The van der Waals surface area contributed by atoms with Crippen molar-refractivity contribution < 1.29 is 9.90 Å². The van der Waals surface area contributed by atoms with Crippen LogP contribution in [0.5, 0.6) is 0 Å². The standard InChI is InChI=1S/C10H10ClNO2/c1-6(4-10(13)14)8-3-2-7(12)5-9(8)11/h2-5H,12H2,1H3,(H,13,14). The van der Waals surface area contributed by atoms with Gasteiger partial charge in [-0.15, -0.1) is 0 Å². The second-order valence-corrected chi connectivity index (χ2v) is 3.31. The molecular weight excluding hydrogens is 202 g/mol. The molecule has 3 nitrogen and oxygen atoms in total.